The average molecular weight is 378 g/mol. The Kier molecular flexibility index (Phi) is 4.24. The fourth-order valence-corrected chi connectivity index (χ4v) is 4.20. The zero-order valence-electron chi connectivity index (χ0n) is 15.6. The summed E-state index contributed by atoms with van der Waals surface area (Å²) >= 11 is 0. The van der Waals surface area contributed by atoms with Gasteiger partial charge in [-0.25, -0.2) is 0 Å². The molecule has 0 saturated carbocycles. The minimum Gasteiger partial charge on any atom is -0.507 e. The van der Waals surface area contributed by atoms with E-state index in [1.165, 1.54) is 12.8 Å². The first-order chi connectivity index (χ1) is 13.6. The highest BCUT2D eigenvalue weighted by molar-refractivity contribution is 5.72. The lowest BCUT2D eigenvalue weighted by Crippen LogP contribution is -2.42. The van der Waals surface area contributed by atoms with Crippen LogP contribution < -0.4 is 10.1 Å². The summed E-state index contributed by atoms with van der Waals surface area (Å²) in [4.78, 5) is 0. The molecule has 2 aromatic heterocycles. The molecule has 2 N–H and O–H groups in total. The summed E-state index contributed by atoms with van der Waals surface area (Å²) in [6.45, 7) is 1.86. The van der Waals surface area contributed by atoms with Crippen molar-refractivity contribution < 1.29 is 14.4 Å². The summed E-state index contributed by atoms with van der Waals surface area (Å²) in [7, 11) is 0. The first-order valence-electron chi connectivity index (χ1n) is 9.67. The molecule has 0 unspecified atom stereocenters. The molecular weight excluding hydrogens is 356 g/mol. The van der Waals surface area contributed by atoms with Crippen molar-refractivity contribution in [3.05, 3.63) is 42.1 Å². The lowest BCUT2D eigenvalue weighted by molar-refractivity contribution is 0.130. The predicted molar refractivity (Wildman–Crippen MR) is 103 cm³/mol. The molecule has 0 aliphatic carbocycles. The molecule has 2 fully saturated rings. The van der Waals surface area contributed by atoms with Crippen LogP contribution in [0.1, 0.15) is 31.4 Å². The van der Waals surface area contributed by atoms with Crippen molar-refractivity contribution in [3.8, 4) is 34.2 Å². The molecule has 0 amide bonds. The van der Waals surface area contributed by atoms with Gasteiger partial charge in [0.1, 0.15) is 11.9 Å². The van der Waals surface area contributed by atoms with Crippen molar-refractivity contribution >= 4 is 0 Å². The molecule has 3 atom stereocenters. The fraction of sp³-hybridized carbons (Fsp3) is 0.381. The van der Waals surface area contributed by atoms with E-state index in [0.29, 0.717) is 35.0 Å². The lowest BCUT2D eigenvalue weighted by atomic mass is 10.0. The van der Waals surface area contributed by atoms with Crippen LogP contribution in [-0.4, -0.2) is 38.6 Å². The Labute approximate surface area is 162 Å². The number of aromatic nitrogens is 3. The molecule has 2 bridgehead atoms. The fourth-order valence-electron chi connectivity index (χ4n) is 4.20. The third kappa shape index (κ3) is 3.33. The molecule has 2 saturated heterocycles. The van der Waals surface area contributed by atoms with Gasteiger partial charge in [-0.15, -0.1) is 10.2 Å². The molecule has 144 valence electrons. The third-order valence-corrected chi connectivity index (χ3v) is 5.54. The number of aryl methyl sites for hydroxylation is 1. The molecule has 7 nitrogen and oxygen atoms in total. The molecule has 5 rings (SSSR count). The maximum absolute atomic E-state index is 10.4. The number of fused-ring (bicyclic) bond motifs is 2. The molecule has 3 aromatic rings. The number of nitrogens with one attached hydrogen (secondary N) is 1. The molecular formula is C21H22N4O3. The van der Waals surface area contributed by atoms with Gasteiger partial charge in [0, 0.05) is 35.3 Å². The van der Waals surface area contributed by atoms with Gasteiger partial charge >= 0.3 is 0 Å². The number of phenols is 1. The van der Waals surface area contributed by atoms with Crippen molar-refractivity contribution in [2.24, 2.45) is 0 Å². The van der Waals surface area contributed by atoms with E-state index in [1.807, 2.05) is 31.2 Å². The van der Waals surface area contributed by atoms with Crippen LogP contribution in [0.3, 0.4) is 0 Å². The Hall–Kier alpha value is -2.93. The Bertz CT molecular complexity index is 974. The van der Waals surface area contributed by atoms with Gasteiger partial charge in [-0.2, -0.15) is 0 Å². The topological polar surface area (TPSA) is 93.3 Å². The largest absolute Gasteiger partial charge is 0.507 e. The van der Waals surface area contributed by atoms with E-state index in [1.54, 1.807) is 12.1 Å². The Morgan fingerprint density at radius 3 is 2.54 bits per heavy atom. The van der Waals surface area contributed by atoms with Gasteiger partial charge in [-0.1, -0.05) is 11.2 Å². The van der Waals surface area contributed by atoms with Crippen molar-refractivity contribution in [2.75, 3.05) is 0 Å². The molecule has 28 heavy (non-hydrogen) atoms. The normalized spacial score (nSPS) is 23.7. The third-order valence-electron chi connectivity index (χ3n) is 5.54. The zero-order valence-corrected chi connectivity index (χ0v) is 15.6. The van der Waals surface area contributed by atoms with Crippen LogP contribution in [0.4, 0.5) is 0 Å². The van der Waals surface area contributed by atoms with Crippen LogP contribution in [0.5, 0.6) is 11.6 Å². The van der Waals surface area contributed by atoms with E-state index >= 15 is 0 Å². The number of nitrogens with zero attached hydrogens (tertiary/aromatic N) is 3. The predicted octanol–water partition coefficient (Wildman–Crippen LogP) is 3.47. The van der Waals surface area contributed by atoms with Gasteiger partial charge in [0.25, 0.3) is 0 Å². The standard InChI is InChI=1S/C21H22N4O3/c1-12-8-20(28-25-12)13-2-5-17(19(26)9-13)18-6-7-21(24-23-18)27-16-10-14-3-4-15(11-16)22-14/h2,5-9,14-16,22,26H,3-4,10-11H2,1H3/t14-,15+,16-. The summed E-state index contributed by atoms with van der Waals surface area (Å²) in [5.74, 6) is 1.26. The quantitative estimate of drug-likeness (QED) is 0.718. The zero-order chi connectivity index (χ0) is 19.1. The smallest absolute Gasteiger partial charge is 0.233 e. The molecule has 7 heteroatoms. The number of phenolic OH excluding ortho intramolecular Hbond substituents is 1. The van der Waals surface area contributed by atoms with E-state index in [0.717, 1.165) is 24.1 Å². The van der Waals surface area contributed by atoms with Crippen molar-refractivity contribution in [2.45, 2.75) is 50.8 Å². The first kappa shape index (κ1) is 17.2. The van der Waals surface area contributed by atoms with Crippen LogP contribution >= 0.6 is 0 Å². The van der Waals surface area contributed by atoms with Crippen LogP contribution in [0, 0.1) is 6.92 Å². The van der Waals surface area contributed by atoms with E-state index in [2.05, 4.69) is 20.7 Å². The van der Waals surface area contributed by atoms with Crippen molar-refractivity contribution in [1.82, 2.24) is 20.7 Å². The SMILES string of the molecule is Cc1cc(-c2ccc(-c3ccc(O[C@@H]4C[C@H]5CC[C@@H](C4)N5)nn3)c(O)c2)on1. The number of ether oxygens (including phenoxy) is 1. The Morgan fingerprint density at radius 2 is 1.89 bits per heavy atom. The van der Waals surface area contributed by atoms with Crippen molar-refractivity contribution in [3.63, 3.8) is 0 Å². The number of aromatic hydroxyl groups is 1. The molecule has 2 aliphatic rings. The van der Waals surface area contributed by atoms with Gasteiger partial charge in [0.2, 0.25) is 5.88 Å². The molecule has 4 heterocycles. The highest BCUT2D eigenvalue weighted by atomic mass is 16.5. The Balaban J connectivity index is 1.31. The van der Waals surface area contributed by atoms with Gasteiger partial charge in [0.15, 0.2) is 5.76 Å². The lowest BCUT2D eigenvalue weighted by Gasteiger charge is -2.28. The van der Waals surface area contributed by atoms with Gasteiger partial charge in [-0.05, 0) is 50.8 Å². The van der Waals surface area contributed by atoms with Crippen LogP contribution in [0.15, 0.2) is 40.9 Å². The highest BCUT2D eigenvalue weighted by Gasteiger charge is 2.34. The van der Waals surface area contributed by atoms with Crippen molar-refractivity contribution in [1.29, 1.82) is 0 Å². The van der Waals surface area contributed by atoms with E-state index < -0.39 is 0 Å². The summed E-state index contributed by atoms with van der Waals surface area (Å²) < 4.78 is 11.3. The second-order valence-corrected chi connectivity index (χ2v) is 7.67. The molecule has 2 aliphatic heterocycles. The summed E-state index contributed by atoms with van der Waals surface area (Å²) in [5.41, 5.74) is 2.76. The van der Waals surface area contributed by atoms with Crippen LogP contribution in [0.2, 0.25) is 0 Å². The molecule has 0 radical (unpaired) electrons. The second kappa shape index (κ2) is 6.91. The number of hydrogen-bond acceptors (Lipinski definition) is 7. The van der Waals surface area contributed by atoms with E-state index in [-0.39, 0.29) is 11.9 Å². The molecule has 0 spiro atoms. The second-order valence-electron chi connectivity index (χ2n) is 7.67. The number of rotatable bonds is 4. The highest BCUT2D eigenvalue weighted by Crippen LogP contribution is 2.33. The maximum atomic E-state index is 10.4. The van der Waals surface area contributed by atoms with E-state index in [9.17, 15) is 5.11 Å². The number of benzene rings is 1. The number of hydrogen-bond donors (Lipinski definition) is 2. The van der Waals surface area contributed by atoms with E-state index in [4.69, 9.17) is 9.26 Å². The summed E-state index contributed by atoms with van der Waals surface area (Å²) in [5, 5.41) is 26.4. The van der Waals surface area contributed by atoms with Crippen LogP contribution in [0.25, 0.3) is 22.6 Å². The van der Waals surface area contributed by atoms with Gasteiger partial charge in [0.05, 0.1) is 11.4 Å². The average Bonchev–Trinajstić information content (AvgIpc) is 3.27. The monoisotopic (exact) mass is 378 g/mol. The first-order valence-corrected chi connectivity index (χ1v) is 9.67. The van der Waals surface area contributed by atoms with Crippen LogP contribution in [-0.2, 0) is 0 Å². The Morgan fingerprint density at radius 1 is 1.07 bits per heavy atom. The minimum atomic E-state index is 0.115. The maximum Gasteiger partial charge on any atom is 0.233 e. The minimum absolute atomic E-state index is 0.115. The van der Waals surface area contributed by atoms with Gasteiger partial charge < -0.3 is 19.7 Å². The summed E-state index contributed by atoms with van der Waals surface area (Å²) in [6, 6.07) is 11.9. The molecule has 1 aromatic carbocycles. The summed E-state index contributed by atoms with van der Waals surface area (Å²) in [6.07, 6.45) is 4.69. The van der Waals surface area contributed by atoms with Gasteiger partial charge in [-0.3, -0.25) is 0 Å². The number of piperidine rings is 1.